The molecule has 0 bridgehead atoms. The molecule has 4 nitrogen and oxygen atoms in total. The van der Waals surface area contributed by atoms with Gasteiger partial charge in [-0.25, -0.2) is 12.8 Å². The second kappa shape index (κ2) is 5.24. The summed E-state index contributed by atoms with van der Waals surface area (Å²) < 4.78 is 39.1. The molecule has 1 atom stereocenters. The third kappa shape index (κ3) is 2.59. The molecule has 1 aliphatic rings. The minimum Gasteiger partial charge on any atom is -0.396 e. The summed E-state index contributed by atoms with van der Waals surface area (Å²) in [5, 5.41) is 9.03. The Morgan fingerprint density at radius 2 is 2.22 bits per heavy atom. The lowest BCUT2D eigenvalue weighted by atomic mass is 10.1. The average molecular weight is 338 g/mol. The third-order valence-electron chi connectivity index (χ3n) is 3.02. The Hall–Kier alpha value is -0.500. The van der Waals surface area contributed by atoms with Gasteiger partial charge >= 0.3 is 0 Å². The van der Waals surface area contributed by atoms with Crippen molar-refractivity contribution in [2.45, 2.75) is 11.3 Å². The van der Waals surface area contributed by atoms with Crippen LogP contribution in [0.25, 0.3) is 0 Å². The van der Waals surface area contributed by atoms with Gasteiger partial charge < -0.3 is 5.11 Å². The summed E-state index contributed by atoms with van der Waals surface area (Å²) in [6.07, 6.45) is 0.647. The number of rotatable bonds is 3. The number of benzene rings is 1. The van der Waals surface area contributed by atoms with Crippen molar-refractivity contribution in [3.8, 4) is 0 Å². The highest BCUT2D eigenvalue weighted by molar-refractivity contribution is 9.10. The van der Waals surface area contributed by atoms with Gasteiger partial charge in [-0.1, -0.05) is 0 Å². The molecule has 0 radical (unpaired) electrons. The highest BCUT2D eigenvalue weighted by Crippen LogP contribution is 2.29. The van der Waals surface area contributed by atoms with Crippen molar-refractivity contribution in [2.75, 3.05) is 19.7 Å². The van der Waals surface area contributed by atoms with Gasteiger partial charge in [-0.15, -0.1) is 0 Å². The van der Waals surface area contributed by atoms with Crippen LogP contribution in [0.15, 0.2) is 27.6 Å². The molecule has 1 heterocycles. The first-order chi connectivity index (χ1) is 8.45. The summed E-state index contributed by atoms with van der Waals surface area (Å²) in [6, 6.07) is 3.50. The van der Waals surface area contributed by atoms with Crippen LogP contribution in [0.2, 0.25) is 0 Å². The quantitative estimate of drug-likeness (QED) is 0.911. The maximum Gasteiger partial charge on any atom is 0.244 e. The molecule has 0 saturated carbocycles. The molecule has 1 saturated heterocycles. The smallest absolute Gasteiger partial charge is 0.244 e. The standard InChI is InChI=1S/C11H13BrFNO3S/c12-10-5-9(13)1-2-11(10)18(16,17)14-4-3-8(6-14)7-15/h1-2,5,8,15H,3-4,6-7H2. The zero-order valence-corrected chi connectivity index (χ0v) is 11.9. The molecule has 1 fully saturated rings. The van der Waals surface area contributed by atoms with Gasteiger partial charge in [0.1, 0.15) is 5.82 Å². The number of aliphatic hydroxyl groups is 1. The number of hydrogen-bond acceptors (Lipinski definition) is 3. The molecule has 1 aromatic rings. The zero-order valence-electron chi connectivity index (χ0n) is 9.51. The van der Waals surface area contributed by atoms with Crippen molar-refractivity contribution in [1.82, 2.24) is 4.31 Å². The lowest BCUT2D eigenvalue weighted by Crippen LogP contribution is -2.29. The minimum absolute atomic E-state index is 0.0148. The van der Waals surface area contributed by atoms with Crippen molar-refractivity contribution in [1.29, 1.82) is 0 Å². The lowest BCUT2D eigenvalue weighted by molar-refractivity contribution is 0.233. The van der Waals surface area contributed by atoms with Crippen molar-refractivity contribution in [2.24, 2.45) is 5.92 Å². The van der Waals surface area contributed by atoms with Crippen LogP contribution in [-0.4, -0.2) is 37.5 Å². The Kier molecular flexibility index (Phi) is 4.05. The van der Waals surface area contributed by atoms with E-state index in [1.54, 1.807) is 0 Å². The van der Waals surface area contributed by atoms with Crippen LogP contribution in [0.1, 0.15) is 6.42 Å². The molecule has 0 spiro atoms. The van der Waals surface area contributed by atoms with E-state index in [1.807, 2.05) is 0 Å². The van der Waals surface area contributed by atoms with Crippen LogP contribution in [0.5, 0.6) is 0 Å². The van der Waals surface area contributed by atoms with Gasteiger partial charge in [-0.05, 0) is 46.5 Å². The first-order valence-corrected chi connectivity index (χ1v) is 7.74. The van der Waals surface area contributed by atoms with Gasteiger partial charge in [0.2, 0.25) is 10.0 Å². The van der Waals surface area contributed by atoms with Gasteiger partial charge in [0, 0.05) is 24.2 Å². The number of nitrogens with zero attached hydrogens (tertiary/aromatic N) is 1. The number of aliphatic hydroxyl groups excluding tert-OH is 1. The van der Waals surface area contributed by atoms with Gasteiger partial charge in [0.25, 0.3) is 0 Å². The fraction of sp³-hybridized carbons (Fsp3) is 0.455. The van der Waals surface area contributed by atoms with E-state index >= 15 is 0 Å². The first kappa shape index (κ1) is 13.9. The third-order valence-corrected chi connectivity index (χ3v) is 5.86. The fourth-order valence-corrected chi connectivity index (χ4v) is 4.53. The Labute approximate surface area is 114 Å². The summed E-state index contributed by atoms with van der Waals surface area (Å²) in [5.41, 5.74) is 0. The van der Waals surface area contributed by atoms with Crippen molar-refractivity contribution < 1.29 is 17.9 Å². The SMILES string of the molecule is O=S(=O)(c1ccc(F)cc1Br)N1CCC(CO)C1. The normalized spacial score (nSPS) is 21.4. The molecule has 100 valence electrons. The van der Waals surface area contributed by atoms with E-state index in [4.69, 9.17) is 5.11 Å². The van der Waals surface area contributed by atoms with E-state index in [1.165, 1.54) is 10.4 Å². The van der Waals surface area contributed by atoms with Gasteiger partial charge in [-0.3, -0.25) is 0 Å². The maximum absolute atomic E-state index is 13.0. The van der Waals surface area contributed by atoms with Crippen molar-refractivity contribution in [3.05, 3.63) is 28.5 Å². The van der Waals surface area contributed by atoms with Crippen LogP contribution >= 0.6 is 15.9 Å². The van der Waals surface area contributed by atoms with E-state index in [9.17, 15) is 12.8 Å². The van der Waals surface area contributed by atoms with Crippen LogP contribution in [0.4, 0.5) is 4.39 Å². The summed E-state index contributed by atoms with van der Waals surface area (Å²) in [6.45, 7) is 0.677. The topological polar surface area (TPSA) is 57.6 Å². The van der Waals surface area contributed by atoms with Gasteiger partial charge in [-0.2, -0.15) is 4.31 Å². The summed E-state index contributed by atoms with van der Waals surface area (Å²) in [7, 11) is -3.62. The largest absolute Gasteiger partial charge is 0.396 e. The zero-order chi connectivity index (χ0) is 13.3. The van der Waals surface area contributed by atoms with Crippen LogP contribution in [-0.2, 0) is 10.0 Å². The summed E-state index contributed by atoms with van der Waals surface area (Å²) >= 11 is 3.07. The monoisotopic (exact) mass is 337 g/mol. The van der Waals surface area contributed by atoms with Crippen LogP contribution < -0.4 is 0 Å². The molecule has 1 unspecified atom stereocenters. The van der Waals surface area contributed by atoms with Crippen molar-refractivity contribution >= 4 is 26.0 Å². The van der Waals surface area contributed by atoms with E-state index in [0.717, 1.165) is 12.1 Å². The minimum atomic E-state index is -3.62. The second-order valence-electron chi connectivity index (χ2n) is 4.28. The molecule has 2 rings (SSSR count). The molecule has 7 heteroatoms. The van der Waals surface area contributed by atoms with E-state index in [2.05, 4.69) is 15.9 Å². The molecule has 0 aliphatic carbocycles. The average Bonchev–Trinajstić information content (AvgIpc) is 2.77. The molecule has 1 N–H and O–H groups in total. The maximum atomic E-state index is 13.0. The lowest BCUT2D eigenvalue weighted by Gasteiger charge is -2.17. The molecule has 1 aromatic carbocycles. The fourth-order valence-electron chi connectivity index (χ4n) is 1.99. The highest BCUT2D eigenvalue weighted by atomic mass is 79.9. The molecule has 0 amide bonds. The Morgan fingerprint density at radius 1 is 1.50 bits per heavy atom. The van der Waals surface area contributed by atoms with E-state index in [0.29, 0.717) is 19.5 Å². The van der Waals surface area contributed by atoms with E-state index in [-0.39, 0.29) is 21.9 Å². The Balaban J connectivity index is 2.31. The first-order valence-electron chi connectivity index (χ1n) is 5.51. The number of sulfonamides is 1. The van der Waals surface area contributed by atoms with Crippen LogP contribution in [0.3, 0.4) is 0 Å². The van der Waals surface area contributed by atoms with E-state index < -0.39 is 15.8 Å². The molecule has 0 aromatic heterocycles. The Morgan fingerprint density at radius 3 is 2.78 bits per heavy atom. The molecular formula is C11H13BrFNO3S. The summed E-state index contributed by atoms with van der Waals surface area (Å²) in [4.78, 5) is 0.0579. The summed E-state index contributed by atoms with van der Waals surface area (Å²) in [5.74, 6) is -0.505. The predicted octanol–water partition coefficient (Wildman–Crippen LogP) is 1.59. The van der Waals surface area contributed by atoms with Crippen molar-refractivity contribution in [3.63, 3.8) is 0 Å². The van der Waals surface area contributed by atoms with Crippen LogP contribution in [0, 0.1) is 11.7 Å². The van der Waals surface area contributed by atoms with Gasteiger partial charge in [0.15, 0.2) is 0 Å². The number of halogens is 2. The molecular weight excluding hydrogens is 325 g/mol. The second-order valence-corrected chi connectivity index (χ2v) is 7.04. The highest BCUT2D eigenvalue weighted by Gasteiger charge is 2.33. The van der Waals surface area contributed by atoms with Gasteiger partial charge in [0.05, 0.1) is 4.90 Å². The Bertz CT molecular complexity index is 549. The predicted molar refractivity (Wildman–Crippen MR) is 68.1 cm³/mol. The number of hydrogen-bond donors (Lipinski definition) is 1. The molecule has 1 aliphatic heterocycles. The molecule has 18 heavy (non-hydrogen) atoms.